The first-order chi connectivity index (χ1) is 22.9. The van der Waals surface area contributed by atoms with Crippen molar-refractivity contribution in [1.82, 2.24) is 19.6 Å². The molecule has 1 saturated carbocycles. The fourth-order valence-corrected chi connectivity index (χ4v) is 8.30. The van der Waals surface area contributed by atoms with Crippen molar-refractivity contribution < 1.29 is 35.9 Å². The average Bonchev–Trinajstić information content (AvgIpc) is 3.63. The molecule has 6 rings (SSSR count). The number of hydrogen-bond donors (Lipinski definition) is 0. The molecule has 0 N–H and O–H groups in total. The number of piperidine rings is 2. The predicted octanol–water partition coefficient (Wildman–Crippen LogP) is 6.74. The van der Waals surface area contributed by atoms with Crippen LogP contribution in [0.3, 0.4) is 0 Å². The van der Waals surface area contributed by atoms with Crippen molar-refractivity contribution in [3.8, 4) is 0 Å². The largest absolute Gasteiger partial charge is 0.416 e. The van der Waals surface area contributed by atoms with Gasteiger partial charge in [-0.15, -0.1) is 0 Å². The van der Waals surface area contributed by atoms with E-state index in [4.69, 9.17) is 0 Å². The molecule has 0 aromatic heterocycles. The molecule has 3 atom stereocenters. The molecule has 3 heterocycles. The molecule has 3 saturated heterocycles. The second-order valence-corrected chi connectivity index (χ2v) is 13.9. The van der Waals surface area contributed by atoms with E-state index in [0.717, 1.165) is 83.4 Å². The Labute approximate surface area is 278 Å². The zero-order chi connectivity index (χ0) is 34.1. The molecular formula is C36H44F6N4O2. The topological polar surface area (TPSA) is 47.1 Å². The lowest BCUT2D eigenvalue weighted by molar-refractivity contribution is -0.143. The second kappa shape index (κ2) is 14.4. The third-order valence-corrected chi connectivity index (χ3v) is 10.9. The molecule has 2 aromatic rings. The normalized spacial score (nSPS) is 25.4. The maximum Gasteiger partial charge on any atom is 0.416 e. The van der Waals surface area contributed by atoms with E-state index >= 15 is 0 Å². The van der Waals surface area contributed by atoms with Gasteiger partial charge >= 0.3 is 12.4 Å². The molecule has 0 radical (unpaired) electrons. The van der Waals surface area contributed by atoms with Crippen LogP contribution in [0.1, 0.15) is 78.4 Å². The van der Waals surface area contributed by atoms with Crippen molar-refractivity contribution >= 4 is 11.8 Å². The Kier molecular flexibility index (Phi) is 10.4. The first-order valence-electron chi connectivity index (χ1n) is 17.3. The van der Waals surface area contributed by atoms with E-state index in [1.165, 1.54) is 4.90 Å². The maximum atomic E-state index is 13.8. The molecule has 1 unspecified atom stereocenters. The zero-order valence-corrected chi connectivity index (χ0v) is 27.1. The summed E-state index contributed by atoms with van der Waals surface area (Å²) in [6.07, 6.45) is -2.11. The molecule has 6 nitrogen and oxygen atoms in total. The van der Waals surface area contributed by atoms with Crippen LogP contribution in [0, 0.1) is 5.92 Å². The molecule has 12 heteroatoms. The van der Waals surface area contributed by atoms with Gasteiger partial charge in [-0.25, -0.2) is 0 Å². The Balaban J connectivity index is 1.13. The van der Waals surface area contributed by atoms with Gasteiger partial charge in [0.15, 0.2) is 0 Å². The average molecular weight is 679 g/mol. The fourth-order valence-electron chi connectivity index (χ4n) is 8.30. The minimum Gasteiger partial charge on any atom is -0.341 e. The number of carbonyl (C=O) groups excluding carboxylic acids is 2. The number of alkyl halides is 6. The Morgan fingerprint density at radius 1 is 0.688 bits per heavy atom. The highest BCUT2D eigenvalue weighted by molar-refractivity contribution is 5.95. The molecule has 0 spiro atoms. The van der Waals surface area contributed by atoms with Crippen molar-refractivity contribution in [2.75, 3.05) is 45.8 Å². The number of carbonyl (C=O) groups is 2. The van der Waals surface area contributed by atoms with Crippen molar-refractivity contribution in [1.29, 1.82) is 0 Å². The predicted molar refractivity (Wildman–Crippen MR) is 169 cm³/mol. The highest BCUT2D eigenvalue weighted by atomic mass is 19.4. The monoisotopic (exact) mass is 678 g/mol. The number of nitrogens with zero attached hydrogens (tertiary/aromatic N) is 4. The van der Waals surface area contributed by atoms with E-state index in [2.05, 4.69) is 14.7 Å². The summed E-state index contributed by atoms with van der Waals surface area (Å²) in [5.74, 6) is -0.311. The standard InChI is InChI=1S/C36H44F6N4O2/c37-35(38,39)28-20-27(21-29(22-28)36(40,41)42)34(48)46-14-12-30(23-32(46)19-25-7-2-1-3-8-25)43-15-17-44(18-16-43)31-11-6-13-45(24-31)33(47)26-9-4-5-10-26/h1-3,7-8,20-22,26,30-32H,4-6,9-19,23-24H2/t30-,31?,32+/m0/s1. The van der Waals surface area contributed by atoms with Crippen LogP contribution in [0.4, 0.5) is 26.3 Å². The second-order valence-electron chi connectivity index (χ2n) is 13.9. The SMILES string of the molecule is O=C(C1CCCC1)N1CCCC(N2CCN([C@H]3CCN(C(=O)c4cc(C(F)(F)F)cc(C(F)(F)F)c4)[C@H](Cc4ccccc4)C3)CC2)C1. The van der Waals surface area contributed by atoms with Crippen LogP contribution in [0.25, 0.3) is 0 Å². The first-order valence-corrected chi connectivity index (χ1v) is 17.3. The van der Waals surface area contributed by atoms with Gasteiger partial charge in [0.25, 0.3) is 5.91 Å². The smallest absolute Gasteiger partial charge is 0.341 e. The number of benzene rings is 2. The van der Waals surface area contributed by atoms with E-state index in [0.29, 0.717) is 43.3 Å². The van der Waals surface area contributed by atoms with Crippen LogP contribution < -0.4 is 0 Å². The number of halogens is 6. The van der Waals surface area contributed by atoms with E-state index in [1.807, 2.05) is 30.3 Å². The minimum absolute atomic E-state index is 0.0580. The summed E-state index contributed by atoms with van der Waals surface area (Å²) in [6.45, 7) is 5.23. The molecule has 0 bridgehead atoms. The highest BCUT2D eigenvalue weighted by Gasteiger charge is 2.41. The van der Waals surface area contributed by atoms with E-state index in [1.54, 1.807) is 0 Å². The van der Waals surface area contributed by atoms with Gasteiger partial charge in [-0.3, -0.25) is 19.4 Å². The van der Waals surface area contributed by atoms with Gasteiger partial charge in [0, 0.05) is 75.4 Å². The van der Waals surface area contributed by atoms with Crippen molar-refractivity contribution in [2.45, 2.75) is 88.3 Å². The molecule has 1 aliphatic carbocycles. The maximum absolute atomic E-state index is 13.8. The van der Waals surface area contributed by atoms with Gasteiger partial charge in [0.05, 0.1) is 11.1 Å². The Bertz CT molecular complexity index is 1390. The molecular weight excluding hydrogens is 634 g/mol. The lowest BCUT2D eigenvalue weighted by Crippen LogP contribution is -2.59. The van der Waals surface area contributed by atoms with Crippen LogP contribution in [0.5, 0.6) is 0 Å². The van der Waals surface area contributed by atoms with Crippen LogP contribution in [-0.2, 0) is 23.6 Å². The summed E-state index contributed by atoms with van der Waals surface area (Å²) in [5.41, 5.74) is -2.64. The van der Waals surface area contributed by atoms with Crippen LogP contribution >= 0.6 is 0 Å². The van der Waals surface area contributed by atoms with Gasteiger partial charge in [-0.05, 0) is 68.7 Å². The van der Waals surface area contributed by atoms with Gasteiger partial charge in [-0.1, -0.05) is 43.2 Å². The van der Waals surface area contributed by atoms with Crippen molar-refractivity contribution in [3.05, 3.63) is 70.8 Å². The number of piperazine rings is 1. The number of likely N-dealkylation sites (tertiary alicyclic amines) is 2. The summed E-state index contributed by atoms with van der Waals surface area (Å²) in [4.78, 5) is 35.3. The highest BCUT2D eigenvalue weighted by Crippen LogP contribution is 2.37. The summed E-state index contributed by atoms with van der Waals surface area (Å²) < 4.78 is 81.7. The molecule has 3 aliphatic heterocycles. The van der Waals surface area contributed by atoms with Crippen LogP contribution in [-0.4, -0.2) is 95.4 Å². The quantitative estimate of drug-likeness (QED) is 0.318. The lowest BCUT2D eigenvalue weighted by atomic mass is 9.90. The van der Waals surface area contributed by atoms with E-state index in [9.17, 15) is 35.9 Å². The molecule has 4 fully saturated rings. The van der Waals surface area contributed by atoms with Gasteiger partial charge < -0.3 is 9.80 Å². The molecule has 2 amide bonds. The van der Waals surface area contributed by atoms with E-state index < -0.39 is 41.0 Å². The van der Waals surface area contributed by atoms with Gasteiger partial charge in [-0.2, -0.15) is 26.3 Å². The Morgan fingerprint density at radius 2 is 1.29 bits per heavy atom. The number of rotatable bonds is 6. The Morgan fingerprint density at radius 3 is 1.90 bits per heavy atom. The number of hydrogen-bond acceptors (Lipinski definition) is 4. The molecule has 4 aliphatic rings. The third-order valence-electron chi connectivity index (χ3n) is 10.9. The summed E-state index contributed by atoms with van der Waals surface area (Å²) in [5, 5.41) is 0. The van der Waals surface area contributed by atoms with E-state index in [-0.39, 0.29) is 24.6 Å². The summed E-state index contributed by atoms with van der Waals surface area (Å²) in [6, 6.07) is 10.7. The summed E-state index contributed by atoms with van der Waals surface area (Å²) in [7, 11) is 0. The molecule has 2 aromatic carbocycles. The fraction of sp³-hybridized carbons (Fsp3) is 0.611. The van der Waals surface area contributed by atoms with Crippen molar-refractivity contribution in [2.24, 2.45) is 5.92 Å². The summed E-state index contributed by atoms with van der Waals surface area (Å²) >= 11 is 0. The Hall–Kier alpha value is -3.12. The molecule has 262 valence electrons. The van der Waals surface area contributed by atoms with Crippen molar-refractivity contribution in [3.63, 3.8) is 0 Å². The van der Waals surface area contributed by atoms with Gasteiger partial charge in [0.2, 0.25) is 5.91 Å². The van der Waals surface area contributed by atoms with Crippen LogP contribution in [0.15, 0.2) is 48.5 Å². The zero-order valence-electron chi connectivity index (χ0n) is 27.1. The first kappa shape index (κ1) is 34.7. The number of amides is 2. The van der Waals surface area contributed by atoms with Crippen LogP contribution in [0.2, 0.25) is 0 Å². The van der Waals surface area contributed by atoms with Gasteiger partial charge in [0.1, 0.15) is 0 Å². The lowest BCUT2D eigenvalue weighted by Gasteiger charge is -2.48. The minimum atomic E-state index is -5.03. The third kappa shape index (κ3) is 8.01. The molecule has 48 heavy (non-hydrogen) atoms.